The van der Waals surface area contributed by atoms with Crippen molar-refractivity contribution in [3.63, 3.8) is 0 Å². The third kappa shape index (κ3) is 3.38. The van der Waals surface area contributed by atoms with Crippen LogP contribution in [0.5, 0.6) is 0 Å². The van der Waals surface area contributed by atoms with Gasteiger partial charge in [-0.1, -0.05) is 30.3 Å². The molecule has 1 spiro atoms. The van der Waals surface area contributed by atoms with Crippen LogP contribution in [0.3, 0.4) is 0 Å². The molecule has 2 heterocycles. The highest BCUT2D eigenvalue weighted by Gasteiger charge is 2.40. The molecule has 110 valence electrons. The van der Waals surface area contributed by atoms with Gasteiger partial charge in [0.2, 0.25) is 0 Å². The van der Waals surface area contributed by atoms with Gasteiger partial charge >= 0.3 is 0 Å². The number of rotatable bonds is 3. The fourth-order valence-corrected chi connectivity index (χ4v) is 4.74. The van der Waals surface area contributed by atoms with Crippen LogP contribution < -0.4 is 0 Å². The fraction of sp³-hybridized carbons (Fsp3) is 0.647. The Morgan fingerprint density at radius 3 is 2.75 bits per heavy atom. The van der Waals surface area contributed by atoms with Crippen LogP contribution in [0.15, 0.2) is 30.3 Å². The zero-order valence-corrected chi connectivity index (χ0v) is 12.8. The van der Waals surface area contributed by atoms with Crippen LogP contribution in [0.25, 0.3) is 0 Å². The van der Waals surface area contributed by atoms with Crippen LogP contribution in [0.1, 0.15) is 31.2 Å². The summed E-state index contributed by atoms with van der Waals surface area (Å²) in [6.07, 6.45) is 4.91. The summed E-state index contributed by atoms with van der Waals surface area (Å²) in [5.41, 5.74) is 1.31. The topological polar surface area (TPSA) is 29.5 Å². The van der Waals surface area contributed by atoms with E-state index in [1.165, 1.54) is 17.1 Å². The Bertz CT molecular complexity index is 409. The van der Waals surface area contributed by atoms with E-state index in [2.05, 4.69) is 12.1 Å². The van der Waals surface area contributed by atoms with E-state index >= 15 is 0 Å². The second kappa shape index (κ2) is 6.50. The van der Waals surface area contributed by atoms with E-state index in [0.717, 1.165) is 38.7 Å². The predicted molar refractivity (Wildman–Crippen MR) is 84.1 cm³/mol. The molecule has 1 aromatic rings. The van der Waals surface area contributed by atoms with Crippen molar-refractivity contribution in [1.82, 2.24) is 0 Å². The molecular weight excluding hydrogens is 268 g/mol. The molecular formula is C17H24O2S. The zero-order chi connectivity index (χ0) is 13.8. The lowest BCUT2D eigenvalue weighted by molar-refractivity contribution is -0.120. The van der Waals surface area contributed by atoms with Crippen molar-refractivity contribution in [3.05, 3.63) is 35.9 Å². The smallest absolute Gasteiger partial charge is 0.0701 e. The normalized spacial score (nSPS) is 27.4. The molecule has 0 radical (unpaired) electrons. The SMILES string of the molecule is OC(Cc1ccccc1)C1CCOC2(CCSCC2)C1. The fourth-order valence-electron chi connectivity index (χ4n) is 3.51. The molecule has 20 heavy (non-hydrogen) atoms. The Kier molecular flexibility index (Phi) is 4.69. The predicted octanol–water partition coefficient (Wildman–Crippen LogP) is 3.28. The standard InChI is InChI=1S/C17H24O2S/c18-16(12-14-4-2-1-3-5-14)15-6-9-19-17(13-15)7-10-20-11-8-17/h1-5,15-16,18H,6-13H2. The lowest BCUT2D eigenvalue weighted by Gasteiger charge is -2.44. The van der Waals surface area contributed by atoms with Crippen molar-refractivity contribution in [2.45, 2.75) is 43.8 Å². The zero-order valence-electron chi connectivity index (χ0n) is 12.0. The van der Waals surface area contributed by atoms with E-state index in [-0.39, 0.29) is 11.7 Å². The summed E-state index contributed by atoms with van der Waals surface area (Å²) in [6, 6.07) is 10.3. The van der Waals surface area contributed by atoms with E-state index < -0.39 is 0 Å². The van der Waals surface area contributed by atoms with Crippen molar-refractivity contribution in [1.29, 1.82) is 0 Å². The maximum absolute atomic E-state index is 10.6. The van der Waals surface area contributed by atoms with Gasteiger partial charge in [-0.05, 0) is 55.1 Å². The van der Waals surface area contributed by atoms with Gasteiger partial charge in [-0.3, -0.25) is 0 Å². The van der Waals surface area contributed by atoms with Crippen molar-refractivity contribution in [2.24, 2.45) is 5.92 Å². The third-order valence-electron chi connectivity index (χ3n) is 4.77. The molecule has 2 fully saturated rings. The highest BCUT2D eigenvalue weighted by molar-refractivity contribution is 7.99. The summed E-state index contributed by atoms with van der Waals surface area (Å²) in [5.74, 6) is 2.82. The Hall–Kier alpha value is -0.510. The monoisotopic (exact) mass is 292 g/mol. The van der Waals surface area contributed by atoms with Gasteiger partial charge in [0, 0.05) is 6.61 Å². The molecule has 0 saturated carbocycles. The minimum Gasteiger partial charge on any atom is -0.392 e. The van der Waals surface area contributed by atoms with Gasteiger partial charge in [0.25, 0.3) is 0 Å². The summed E-state index contributed by atoms with van der Waals surface area (Å²) in [7, 11) is 0. The number of hydrogen-bond acceptors (Lipinski definition) is 3. The van der Waals surface area contributed by atoms with Crippen molar-refractivity contribution < 1.29 is 9.84 Å². The van der Waals surface area contributed by atoms with Crippen LogP contribution in [-0.2, 0) is 11.2 Å². The van der Waals surface area contributed by atoms with Gasteiger partial charge in [0.15, 0.2) is 0 Å². The molecule has 2 saturated heterocycles. The highest BCUT2D eigenvalue weighted by Crippen LogP contribution is 2.41. The molecule has 1 N–H and O–H groups in total. The number of aliphatic hydroxyl groups excluding tert-OH is 1. The molecule has 3 rings (SSSR count). The molecule has 2 nitrogen and oxygen atoms in total. The van der Waals surface area contributed by atoms with E-state index in [1.54, 1.807) is 0 Å². The van der Waals surface area contributed by atoms with Crippen LogP contribution >= 0.6 is 11.8 Å². The minimum absolute atomic E-state index is 0.0752. The van der Waals surface area contributed by atoms with Gasteiger partial charge in [-0.2, -0.15) is 11.8 Å². The summed E-state index contributed by atoms with van der Waals surface area (Å²) < 4.78 is 6.11. The number of ether oxygens (including phenoxy) is 1. The maximum atomic E-state index is 10.6. The molecule has 3 heteroatoms. The summed E-state index contributed by atoms with van der Waals surface area (Å²) in [6.45, 7) is 0.821. The van der Waals surface area contributed by atoms with Crippen molar-refractivity contribution >= 4 is 11.8 Å². The average molecular weight is 292 g/mol. The van der Waals surface area contributed by atoms with Gasteiger partial charge in [-0.25, -0.2) is 0 Å². The molecule has 0 bridgehead atoms. The molecule has 0 aliphatic carbocycles. The highest BCUT2D eigenvalue weighted by atomic mass is 32.2. The van der Waals surface area contributed by atoms with Crippen molar-refractivity contribution in [3.8, 4) is 0 Å². The Morgan fingerprint density at radius 1 is 1.25 bits per heavy atom. The first-order valence-corrected chi connectivity index (χ1v) is 8.87. The number of hydrogen-bond donors (Lipinski definition) is 1. The second-order valence-corrected chi connectivity index (χ2v) is 7.38. The van der Waals surface area contributed by atoms with Crippen LogP contribution in [0, 0.1) is 5.92 Å². The van der Waals surface area contributed by atoms with Gasteiger partial charge in [0.05, 0.1) is 11.7 Å². The Balaban J connectivity index is 1.61. The lowest BCUT2D eigenvalue weighted by atomic mass is 9.78. The summed E-state index contributed by atoms with van der Waals surface area (Å²) >= 11 is 2.03. The molecule has 1 aromatic carbocycles. The first kappa shape index (κ1) is 14.4. The average Bonchev–Trinajstić information content (AvgIpc) is 2.49. The van der Waals surface area contributed by atoms with E-state index in [4.69, 9.17) is 4.74 Å². The quantitative estimate of drug-likeness (QED) is 0.927. The Labute approximate surface area is 125 Å². The van der Waals surface area contributed by atoms with Crippen LogP contribution in [-0.4, -0.2) is 34.9 Å². The van der Waals surface area contributed by atoms with Crippen molar-refractivity contribution in [2.75, 3.05) is 18.1 Å². The number of thioether (sulfide) groups is 1. The number of benzene rings is 1. The summed E-state index contributed by atoms with van der Waals surface area (Å²) in [5, 5.41) is 10.6. The van der Waals surface area contributed by atoms with Crippen LogP contribution in [0.4, 0.5) is 0 Å². The van der Waals surface area contributed by atoms with Gasteiger partial charge in [-0.15, -0.1) is 0 Å². The first-order chi connectivity index (χ1) is 9.77. The van der Waals surface area contributed by atoms with E-state index in [1.807, 2.05) is 30.0 Å². The second-order valence-electron chi connectivity index (χ2n) is 6.15. The minimum atomic E-state index is -0.229. The summed E-state index contributed by atoms with van der Waals surface area (Å²) in [4.78, 5) is 0. The molecule has 2 aliphatic rings. The van der Waals surface area contributed by atoms with Gasteiger partial charge < -0.3 is 9.84 Å². The molecule has 0 aromatic heterocycles. The van der Waals surface area contributed by atoms with E-state index in [9.17, 15) is 5.11 Å². The Morgan fingerprint density at radius 2 is 2.00 bits per heavy atom. The first-order valence-electron chi connectivity index (χ1n) is 7.71. The van der Waals surface area contributed by atoms with E-state index in [0.29, 0.717) is 5.92 Å². The molecule has 2 aliphatic heterocycles. The van der Waals surface area contributed by atoms with Crippen LogP contribution in [0.2, 0.25) is 0 Å². The number of aliphatic hydroxyl groups is 1. The largest absolute Gasteiger partial charge is 0.392 e. The lowest BCUT2D eigenvalue weighted by Crippen LogP contribution is -2.45. The third-order valence-corrected chi connectivity index (χ3v) is 5.75. The molecule has 0 amide bonds. The maximum Gasteiger partial charge on any atom is 0.0701 e. The molecule has 2 unspecified atom stereocenters. The molecule has 2 atom stereocenters. The van der Waals surface area contributed by atoms with Gasteiger partial charge in [0.1, 0.15) is 0 Å².